The molecule has 2 unspecified atom stereocenters. The lowest BCUT2D eigenvalue weighted by atomic mass is 9.79. The highest BCUT2D eigenvalue weighted by atomic mass is 32.2. The van der Waals surface area contributed by atoms with E-state index in [9.17, 15) is 8.42 Å². The Hall–Kier alpha value is -0.870. The molecule has 116 valence electrons. The highest BCUT2D eigenvalue weighted by Gasteiger charge is 2.40. The number of aryl methyl sites for hydroxylation is 2. The minimum absolute atomic E-state index is 0.234. The second-order valence-corrected chi connectivity index (χ2v) is 8.50. The van der Waals surface area contributed by atoms with Gasteiger partial charge >= 0.3 is 0 Å². The molecule has 1 aliphatic carbocycles. The van der Waals surface area contributed by atoms with E-state index in [1.807, 2.05) is 30.3 Å². The van der Waals surface area contributed by atoms with Crippen molar-refractivity contribution in [2.45, 2.75) is 63.3 Å². The summed E-state index contributed by atoms with van der Waals surface area (Å²) >= 11 is 0. The smallest absolute Gasteiger partial charge is 0.207 e. The predicted molar refractivity (Wildman–Crippen MR) is 84.8 cm³/mol. The fourth-order valence-corrected chi connectivity index (χ4v) is 6.05. The van der Waals surface area contributed by atoms with Crippen molar-refractivity contribution in [1.29, 1.82) is 0 Å². The van der Waals surface area contributed by atoms with Gasteiger partial charge in [0.1, 0.15) is 0 Å². The van der Waals surface area contributed by atoms with Gasteiger partial charge in [0.05, 0.1) is 4.90 Å². The molecule has 0 spiro atoms. The first kappa shape index (κ1) is 15.0. The average molecular weight is 307 g/mol. The summed E-state index contributed by atoms with van der Waals surface area (Å²) in [5, 5.41) is 0. The minimum Gasteiger partial charge on any atom is -0.207 e. The third-order valence-electron chi connectivity index (χ3n) is 5.11. The van der Waals surface area contributed by atoms with Crippen LogP contribution in [0.4, 0.5) is 0 Å². The first-order chi connectivity index (χ1) is 10.00. The summed E-state index contributed by atoms with van der Waals surface area (Å²) in [4.78, 5) is 0.499. The van der Waals surface area contributed by atoms with Gasteiger partial charge in [-0.1, -0.05) is 30.5 Å². The molecule has 1 saturated heterocycles. The minimum atomic E-state index is -3.35. The van der Waals surface area contributed by atoms with Crippen LogP contribution in [-0.2, 0) is 10.0 Å². The highest BCUT2D eigenvalue weighted by molar-refractivity contribution is 7.89. The summed E-state index contributed by atoms with van der Waals surface area (Å²) in [5.41, 5.74) is 1.98. The molecule has 0 aromatic heterocycles. The molecule has 1 aromatic rings. The van der Waals surface area contributed by atoms with Crippen LogP contribution >= 0.6 is 0 Å². The first-order valence-corrected chi connectivity index (χ1v) is 9.53. The van der Waals surface area contributed by atoms with Crippen molar-refractivity contribution in [2.24, 2.45) is 5.92 Å². The molecule has 0 N–H and O–H groups in total. The summed E-state index contributed by atoms with van der Waals surface area (Å²) in [6, 6.07) is 5.89. The summed E-state index contributed by atoms with van der Waals surface area (Å²) in [7, 11) is -3.35. The Kier molecular flexibility index (Phi) is 4.10. The number of benzene rings is 1. The lowest BCUT2D eigenvalue weighted by molar-refractivity contribution is 0.129. The van der Waals surface area contributed by atoms with Crippen molar-refractivity contribution < 1.29 is 8.42 Å². The van der Waals surface area contributed by atoms with Crippen molar-refractivity contribution >= 4 is 10.0 Å². The maximum Gasteiger partial charge on any atom is 0.243 e. The third kappa shape index (κ3) is 2.76. The molecule has 1 saturated carbocycles. The van der Waals surface area contributed by atoms with E-state index in [2.05, 4.69) is 0 Å². The number of hydrogen-bond donors (Lipinski definition) is 0. The molecule has 2 aliphatic rings. The average Bonchev–Trinajstić information content (AvgIpc) is 2.46. The summed E-state index contributed by atoms with van der Waals surface area (Å²) in [6.45, 7) is 4.60. The molecule has 2 atom stereocenters. The molecule has 0 amide bonds. The quantitative estimate of drug-likeness (QED) is 0.836. The highest BCUT2D eigenvalue weighted by Crippen LogP contribution is 2.38. The zero-order valence-corrected chi connectivity index (χ0v) is 13.8. The lowest BCUT2D eigenvalue weighted by Crippen LogP contribution is -2.49. The molecule has 21 heavy (non-hydrogen) atoms. The monoisotopic (exact) mass is 307 g/mol. The maximum atomic E-state index is 13.1. The Morgan fingerprint density at radius 3 is 2.52 bits per heavy atom. The fraction of sp³-hybridized carbons (Fsp3) is 0.647. The van der Waals surface area contributed by atoms with Crippen LogP contribution in [0, 0.1) is 19.8 Å². The van der Waals surface area contributed by atoms with Gasteiger partial charge in [0.15, 0.2) is 0 Å². The van der Waals surface area contributed by atoms with Gasteiger partial charge in [-0.3, -0.25) is 0 Å². The fourth-order valence-electron chi connectivity index (χ4n) is 4.09. The molecule has 3 rings (SSSR count). The van der Waals surface area contributed by atoms with Crippen LogP contribution in [0.3, 0.4) is 0 Å². The lowest BCUT2D eigenvalue weighted by Gasteiger charge is -2.43. The summed E-state index contributed by atoms with van der Waals surface area (Å²) in [6.07, 6.45) is 6.87. The van der Waals surface area contributed by atoms with Crippen molar-refractivity contribution in [3.05, 3.63) is 29.3 Å². The SMILES string of the molecule is Cc1ccc(S(=O)(=O)N2CCCC3CCCCC32)c(C)c1. The second kappa shape index (κ2) is 5.73. The van der Waals surface area contributed by atoms with Crippen LogP contribution in [0.1, 0.15) is 49.7 Å². The van der Waals surface area contributed by atoms with Gasteiger partial charge in [-0.2, -0.15) is 4.31 Å². The molecule has 0 bridgehead atoms. The summed E-state index contributed by atoms with van der Waals surface area (Å²) < 4.78 is 28.0. The second-order valence-electron chi connectivity index (χ2n) is 6.64. The number of rotatable bonds is 2. The van der Waals surface area contributed by atoms with Crippen molar-refractivity contribution in [3.63, 3.8) is 0 Å². The maximum absolute atomic E-state index is 13.1. The van der Waals surface area contributed by atoms with E-state index >= 15 is 0 Å². The Morgan fingerprint density at radius 2 is 1.76 bits per heavy atom. The predicted octanol–water partition coefficient (Wildman–Crippen LogP) is 3.65. The Labute approximate surface area is 128 Å². The van der Waals surface area contributed by atoms with Crippen LogP contribution in [0.2, 0.25) is 0 Å². The normalized spacial score (nSPS) is 27.3. The van der Waals surface area contributed by atoms with Crippen LogP contribution in [-0.4, -0.2) is 25.3 Å². The van der Waals surface area contributed by atoms with Gasteiger partial charge < -0.3 is 0 Å². The molecule has 1 heterocycles. The number of fused-ring (bicyclic) bond motifs is 1. The molecule has 1 aromatic carbocycles. The molecule has 0 radical (unpaired) electrons. The number of hydrogen-bond acceptors (Lipinski definition) is 2. The largest absolute Gasteiger partial charge is 0.243 e. The molecule has 3 nitrogen and oxygen atoms in total. The number of sulfonamides is 1. The van der Waals surface area contributed by atoms with Crippen molar-refractivity contribution in [2.75, 3.05) is 6.54 Å². The third-order valence-corrected chi connectivity index (χ3v) is 7.19. The Morgan fingerprint density at radius 1 is 1.05 bits per heavy atom. The van der Waals surface area contributed by atoms with Gasteiger partial charge in [-0.05, 0) is 57.1 Å². The van der Waals surface area contributed by atoms with Crippen LogP contribution in [0.15, 0.2) is 23.1 Å². The van der Waals surface area contributed by atoms with E-state index in [0.717, 1.165) is 24.0 Å². The zero-order chi connectivity index (χ0) is 15.0. The Bertz CT molecular complexity index is 622. The molecular formula is C17H25NO2S. The van der Waals surface area contributed by atoms with Crippen molar-refractivity contribution in [1.82, 2.24) is 4.31 Å². The summed E-state index contributed by atoms with van der Waals surface area (Å²) in [5.74, 6) is 0.577. The van der Waals surface area contributed by atoms with Crippen LogP contribution in [0.25, 0.3) is 0 Å². The van der Waals surface area contributed by atoms with Gasteiger partial charge in [-0.25, -0.2) is 8.42 Å². The van der Waals surface area contributed by atoms with Gasteiger partial charge in [0, 0.05) is 12.6 Å². The molecular weight excluding hydrogens is 282 g/mol. The van der Waals surface area contributed by atoms with E-state index in [0.29, 0.717) is 17.4 Å². The standard InChI is InChI=1S/C17H25NO2S/c1-13-9-10-17(14(2)12-13)21(19,20)18-11-5-7-15-6-3-4-8-16(15)18/h9-10,12,15-16H,3-8,11H2,1-2H3. The van der Waals surface area contributed by atoms with E-state index in [1.54, 1.807) is 6.07 Å². The van der Waals surface area contributed by atoms with Crippen LogP contribution < -0.4 is 0 Å². The van der Waals surface area contributed by atoms with Crippen LogP contribution in [0.5, 0.6) is 0 Å². The molecule has 1 aliphatic heterocycles. The zero-order valence-electron chi connectivity index (χ0n) is 13.0. The van der Waals surface area contributed by atoms with Gasteiger partial charge in [-0.15, -0.1) is 0 Å². The molecule has 4 heteroatoms. The van der Waals surface area contributed by atoms with E-state index in [1.165, 1.54) is 25.7 Å². The van der Waals surface area contributed by atoms with E-state index in [-0.39, 0.29) is 6.04 Å². The molecule has 2 fully saturated rings. The van der Waals surface area contributed by atoms with Gasteiger partial charge in [0.25, 0.3) is 0 Å². The topological polar surface area (TPSA) is 37.4 Å². The van der Waals surface area contributed by atoms with Crippen molar-refractivity contribution in [3.8, 4) is 0 Å². The Balaban J connectivity index is 1.96. The first-order valence-electron chi connectivity index (χ1n) is 8.09. The number of piperidine rings is 1. The number of nitrogens with zero attached hydrogens (tertiary/aromatic N) is 1. The van der Waals surface area contributed by atoms with E-state index < -0.39 is 10.0 Å². The van der Waals surface area contributed by atoms with Gasteiger partial charge in [0.2, 0.25) is 10.0 Å². The van der Waals surface area contributed by atoms with E-state index in [4.69, 9.17) is 0 Å².